The molecule has 14 heavy (non-hydrogen) atoms. The molecule has 0 aliphatic heterocycles. The van der Waals surface area contributed by atoms with Crippen LogP contribution in [0.15, 0.2) is 0 Å². The predicted octanol–water partition coefficient (Wildman–Crippen LogP) is 1.37. The molecule has 0 saturated heterocycles. The zero-order valence-electron chi connectivity index (χ0n) is 9.38. The second kappa shape index (κ2) is 8.12. The van der Waals surface area contributed by atoms with Crippen LogP contribution >= 0.6 is 11.8 Å². The van der Waals surface area contributed by atoms with Crippen molar-refractivity contribution in [1.29, 1.82) is 0 Å². The van der Waals surface area contributed by atoms with Crippen molar-refractivity contribution in [3.05, 3.63) is 0 Å². The van der Waals surface area contributed by atoms with Gasteiger partial charge in [0, 0.05) is 11.8 Å². The van der Waals surface area contributed by atoms with Crippen LogP contribution in [0.25, 0.3) is 0 Å². The third kappa shape index (κ3) is 7.21. The summed E-state index contributed by atoms with van der Waals surface area (Å²) < 4.78 is 0. The lowest BCUT2D eigenvalue weighted by molar-refractivity contribution is -0.119. The minimum atomic E-state index is -0.248. The number of carbonyl (C=O) groups is 1. The Morgan fingerprint density at radius 1 is 1.50 bits per heavy atom. The Balaban J connectivity index is 3.68. The molecule has 0 aliphatic rings. The maximum atomic E-state index is 11.0. The number of hydrogen-bond acceptors (Lipinski definition) is 3. The van der Waals surface area contributed by atoms with Crippen molar-refractivity contribution in [3.63, 3.8) is 0 Å². The molecule has 0 aromatic carbocycles. The SMILES string of the molecule is CCCCSCC(NC(C)C)C(N)=O. The van der Waals surface area contributed by atoms with E-state index in [2.05, 4.69) is 12.2 Å². The highest BCUT2D eigenvalue weighted by atomic mass is 32.2. The summed E-state index contributed by atoms with van der Waals surface area (Å²) in [5, 5.41) is 3.16. The van der Waals surface area contributed by atoms with Crippen LogP contribution in [0.3, 0.4) is 0 Å². The highest BCUT2D eigenvalue weighted by Crippen LogP contribution is 2.06. The van der Waals surface area contributed by atoms with Gasteiger partial charge in [-0.15, -0.1) is 0 Å². The van der Waals surface area contributed by atoms with Crippen molar-refractivity contribution in [2.75, 3.05) is 11.5 Å². The summed E-state index contributed by atoms with van der Waals surface area (Å²) in [7, 11) is 0. The van der Waals surface area contributed by atoms with Gasteiger partial charge in [0.25, 0.3) is 0 Å². The molecule has 0 heterocycles. The van der Waals surface area contributed by atoms with Crippen molar-refractivity contribution in [3.8, 4) is 0 Å². The molecular formula is C10H22N2OS. The van der Waals surface area contributed by atoms with Crippen LogP contribution in [-0.4, -0.2) is 29.5 Å². The Bertz CT molecular complexity index is 162. The summed E-state index contributed by atoms with van der Waals surface area (Å²) in [6, 6.07) is 0.121. The van der Waals surface area contributed by atoms with Gasteiger partial charge in [0.2, 0.25) is 5.91 Å². The first-order chi connectivity index (χ1) is 6.57. The van der Waals surface area contributed by atoms with Gasteiger partial charge in [-0.3, -0.25) is 4.79 Å². The van der Waals surface area contributed by atoms with Gasteiger partial charge in [0.1, 0.15) is 0 Å². The van der Waals surface area contributed by atoms with Crippen LogP contribution in [0.2, 0.25) is 0 Å². The Morgan fingerprint density at radius 2 is 2.14 bits per heavy atom. The van der Waals surface area contributed by atoms with Crippen LogP contribution < -0.4 is 11.1 Å². The molecule has 1 unspecified atom stereocenters. The number of carbonyl (C=O) groups excluding carboxylic acids is 1. The van der Waals surface area contributed by atoms with Gasteiger partial charge in [0.05, 0.1) is 6.04 Å². The molecule has 3 N–H and O–H groups in total. The molecular weight excluding hydrogens is 196 g/mol. The normalized spacial score (nSPS) is 13.1. The fourth-order valence-corrected chi connectivity index (χ4v) is 2.22. The van der Waals surface area contributed by atoms with Gasteiger partial charge < -0.3 is 11.1 Å². The van der Waals surface area contributed by atoms with Gasteiger partial charge in [0.15, 0.2) is 0 Å². The molecule has 0 rings (SSSR count). The van der Waals surface area contributed by atoms with Crippen LogP contribution in [0.1, 0.15) is 33.6 Å². The number of primary amides is 1. The molecule has 84 valence electrons. The average Bonchev–Trinajstić information content (AvgIpc) is 2.09. The fraction of sp³-hybridized carbons (Fsp3) is 0.900. The standard InChI is InChI=1S/C10H22N2OS/c1-4-5-6-14-7-9(10(11)13)12-8(2)3/h8-9,12H,4-7H2,1-3H3,(H2,11,13). The molecule has 0 aromatic heterocycles. The van der Waals surface area contributed by atoms with Crippen molar-refractivity contribution in [1.82, 2.24) is 5.32 Å². The molecule has 0 fully saturated rings. The van der Waals surface area contributed by atoms with Crippen LogP contribution in [0.4, 0.5) is 0 Å². The lowest BCUT2D eigenvalue weighted by atomic mass is 10.3. The molecule has 0 aromatic rings. The van der Waals surface area contributed by atoms with Crippen LogP contribution in [0, 0.1) is 0 Å². The molecule has 0 saturated carbocycles. The predicted molar refractivity (Wildman–Crippen MR) is 63.5 cm³/mol. The van der Waals surface area contributed by atoms with Gasteiger partial charge in [-0.1, -0.05) is 27.2 Å². The van der Waals surface area contributed by atoms with Crippen molar-refractivity contribution >= 4 is 17.7 Å². The first-order valence-electron chi connectivity index (χ1n) is 5.21. The summed E-state index contributed by atoms with van der Waals surface area (Å²) in [6.07, 6.45) is 2.41. The van der Waals surface area contributed by atoms with Crippen molar-refractivity contribution < 1.29 is 4.79 Å². The van der Waals surface area contributed by atoms with E-state index in [0.29, 0.717) is 6.04 Å². The molecule has 1 atom stereocenters. The van der Waals surface area contributed by atoms with Crippen molar-refractivity contribution in [2.45, 2.75) is 45.7 Å². The van der Waals surface area contributed by atoms with E-state index in [1.165, 1.54) is 12.8 Å². The zero-order valence-corrected chi connectivity index (χ0v) is 10.2. The number of thioether (sulfide) groups is 1. The topological polar surface area (TPSA) is 55.1 Å². The second-order valence-electron chi connectivity index (χ2n) is 3.70. The van der Waals surface area contributed by atoms with E-state index < -0.39 is 0 Å². The molecule has 0 spiro atoms. The van der Waals surface area contributed by atoms with Crippen molar-refractivity contribution in [2.24, 2.45) is 5.73 Å². The third-order valence-corrected chi connectivity index (χ3v) is 2.95. The lowest BCUT2D eigenvalue weighted by Crippen LogP contribution is -2.46. The van der Waals surface area contributed by atoms with E-state index in [4.69, 9.17) is 5.73 Å². The minimum Gasteiger partial charge on any atom is -0.368 e. The quantitative estimate of drug-likeness (QED) is 0.605. The summed E-state index contributed by atoms with van der Waals surface area (Å²) in [6.45, 7) is 6.21. The Labute approximate surface area is 91.2 Å². The maximum absolute atomic E-state index is 11.0. The third-order valence-electron chi connectivity index (χ3n) is 1.80. The lowest BCUT2D eigenvalue weighted by Gasteiger charge is -2.17. The van der Waals surface area contributed by atoms with Crippen LogP contribution in [0.5, 0.6) is 0 Å². The second-order valence-corrected chi connectivity index (χ2v) is 4.85. The fourth-order valence-electron chi connectivity index (χ4n) is 1.06. The highest BCUT2D eigenvalue weighted by molar-refractivity contribution is 7.99. The number of rotatable bonds is 8. The molecule has 0 radical (unpaired) electrons. The van der Waals surface area contributed by atoms with Gasteiger partial charge in [-0.2, -0.15) is 11.8 Å². The number of unbranched alkanes of at least 4 members (excludes halogenated alkanes) is 1. The van der Waals surface area contributed by atoms with Crippen LogP contribution in [-0.2, 0) is 4.79 Å². The Hall–Kier alpha value is -0.220. The number of amides is 1. The molecule has 1 amide bonds. The largest absolute Gasteiger partial charge is 0.368 e. The highest BCUT2D eigenvalue weighted by Gasteiger charge is 2.15. The smallest absolute Gasteiger partial charge is 0.235 e. The average molecular weight is 218 g/mol. The van der Waals surface area contributed by atoms with E-state index in [1.807, 2.05) is 13.8 Å². The molecule has 4 heteroatoms. The van der Waals surface area contributed by atoms with E-state index in [-0.39, 0.29) is 11.9 Å². The number of nitrogens with one attached hydrogen (secondary N) is 1. The Morgan fingerprint density at radius 3 is 2.57 bits per heavy atom. The van der Waals surface area contributed by atoms with E-state index in [1.54, 1.807) is 11.8 Å². The van der Waals surface area contributed by atoms with E-state index in [0.717, 1.165) is 11.5 Å². The number of nitrogens with two attached hydrogens (primary N) is 1. The summed E-state index contributed by atoms with van der Waals surface area (Å²) in [5.41, 5.74) is 5.28. The van der Waals surface area contributed by atoms with E-state index in [9.17, 15) is 4.79 Å². The molecule has 3 nitrogen and oxygen atoms in total. The number of hydrogen-bond donors (Lipinski definition) is 2. The Kier molecular flexibility index (Phi) is 7.99. The maximum Gasteiger partial charge on any atom is 0.235 e. The summed E-state index contributed by atoms with van der Waals surface area (Å²) >= 11 is 1.79. The molecule has 0 aliphatic carbocycles. The van der Waals surface area contributed by atoms with Gasteiger partial charge in [-0.25, -0.2) is 0 Å². The first kappa shape index (κ1) is 13.8. The monoisotopic (exact) mass is 218 g/mol. The zero-order chi connectivity index (χ0) is 11.0. The van der Waals surface area contributed by atoms with E-state index >= 15 is 0 Å². The first-order valence-corrected chi connectivity index (χ1v) is 6.36. The molecule has 0 bridgehead atoms. The summed E-state index contributed by atoms with van der Waals surface area (Å²) in [4.78, 5) is 11.0. The van der Waals surface area contributed by atoms with Gasteiger partial charge in [-0.05, 0) is 12.2 Å². The summed E-state index contributed by atoms with van der Waals surface area (Å²) in [5.74, 6) is 1.65. The minimum absolute atomic E-state index is 0.183. The van der Waals surface area contributed by atoms with Gasteiger partial charge >= 0.3 is 0 Å².